The number of carbonyl (C=O) groups excluding carboxylic acids is 1. The zero-order valence-corrected chi connectivity index (χ0v) is 14.8. The van der Waals surface area contributed by atoms with Crippen molar-refractivity contribution in [1.82, 2.24) is 5.32 Å². The largest absolute Gasteiger partial charge is 0.491 e. The van der Waals surface area contributed by atoms with Crippen molar-refractivity contribution in [3.8, 4) is 5.75 Å². The maximum absolute atomic E-state index is 12.1. The molecule has 122 valence electrons. The third-order valence-electron chi connectivity index (χ3n) is 3.25. The van der Waals surface area contributed by atoms with Gasteiger partial charge in [0, 0.05) is 9.92 Å². The lowest BCUT2D eigenvalue weighted by atomic mass is 10.2. The van der Waals surface area contributed by atoms with Gasteiger partial charge in [0.05, 0.1) is 11.8 Å². The first-order chi connectivity index (χ1) is 11.1. The number of ether oxygens (including phenoxy) is 1. The van der Waals surface area contributed by atoms with Crippen LogP contribution in [0.2, 0.25) is 5.02 Å². The topological polar surface area (TPSA) is 38.3 Å². The summed E-state index contributed by atoms with van der Waals surface area (Å²) in [5.41, 5.74) is 1.09. The minimum absolute atomic E-state index is 0.00154. The minimum Gasteiger partial charge on any atom is -0.491 e. The summed E-state index contributed by atoms with van der Waals surface area (Å²) in [4.78, 5) is 13.1. The highest BCUT2D eigenvalue weighted by atomic mass is 35.5. The lowest BCUT2D eigenvalue weighted by Gasteiger charge is -2.13. The second-order valence-corrected chi connectivity index (χ2v) is 6.97. The molecule has 2 aromatic rings. The maximum atomic E-state index is 12.1. The molecule has 0 saturated heterocycles. The number of hydrogen-bond acceptors (Lipinski definition) is 3. The van der Waals surface area contributed by atoms with Crippen LogP contribution in [0, 0.1) is 6.92 Å². The summed E-state index contributed by atoms with van der Waals surface area (Å²) < 4.78 is 5.66. The van der Waals surface area contributed by atoms with Crippen molar-refractivity contribution < 1.29 is 9.53 Å². The Morgan fingerprint density at radius 1 is 1.22 bits per heavy atom. The van der Waals surface area contributed by atoms with Crippen LogP contribution in [0.1, 0.15) is 12.5 Å². The molecular weight excluding hydrogens is 330 g/mol. The second-order valence-electron chi connectivity index (χ2n) is 5.12. The lowest BCUT2D eigenvalue weighted by molar-refractivity contribution is -0.120. The van der Waals surface area contributed by atoms with Gasteiger partial charge in [-0.3, -0.25) is 4.79 Å². The van der Waals surface area contributed by atoms with Gasteiger partial charge in [0.1, 0.15) is 12.4 Å². The SMILES string of the molecule is Cc1ccccc1OCCNC(=O)[C@@H](C)Sc1ccc(Cl)cc1. The van der Waals surface area contributed by atoms with E-state index in [-0.39, 0.29) is 11.2 Å². The van der Waals surface area contributed by atoms with Gasteiger partial charge in [0.25, 0.3) is 0 Å². The third-order valence-corrected chi connectivity index (χ3v) is 4.61. The number of hydrogen-bond donors (Lipinski definition) is 1. The van der Waals surface area contributed by atoms with Crippen molar-refractivity contribution >= 4 is 29.3 Å². The fourth-order valence-electron chi connectivity index (χ4n) is 1.97. The molecule has 0 aromatic heterocycles. The van der Waals surface area contributed by atoms with E-state index in [1.54, 1.807) is 0 Å². The number of aryl methyl sites for hydroxylation is 1. The van der Waals surface area contributed by atoms with Crippen molar-refractivity contribution in [2.24, 2.45) is 0 Å². The second kappa shape index (κ2) is 8.85. The van der Waals surface area contributed by atoms with Gasteiger partial charge in [0.15, 0.2) is 0 Å². The molecule has 1 amide bonds. The summed E-state index contributed by atoms with van der Waals surface area (Å²) in [6.45, 7) is 4.82. The van der Waals surface area contributed by atoms with E-state index >= 15 is 0 Å². The Labute approximate surface area is 146 Å². The molecule has 0 aliphatic carbocycles. The Kier molecular flexibility index (Phi) is 6.81. The van der Waals surface area contributed by atoms with Crippen molar-refractivity contribution in [3.63, 3.8) is 0 Å². The number of halogens is 1. The average Bonchev–Trinajstić information content (AvgIpc) is 2.55. The van der Waals surface area contributed by atoms with Crippen LogP contribution in [0.15, 0.2) is 53.4 Å². The number of thioether (sulfide) groups is 1. The summed E-state index contributed by atoms with van der Waals surface area (Å²) in [6, 6.07) is 15.3. The number of amides is 1. The van der Waals surface area contributed by atoms with E-state index < -0.39 is 0 Å². The van der Waals surface area contributed by atoms with Crippen LogP contribution in [-0.2, 0) is 4.79 Å². The Morgan fingerprint density at radius 3 is 2.61 bits per heavy atom. The number of rotatable bonds is 7. The highest BCUT2D eigenvalue weighted by molar-refractivity contribution is 8.00. The highest BCUT2D eigenvalue weighted by Crippen LogP contribution is 2.24. The minimum atomic E-state index is -0.172. The molecule has 0 aliphatic rings. The summed E-state index contributed by atoms with van der Waals surface area (Å²) >= 11 is 7.36. The zero-order valence-electron chi connectivity index (χ0n) is 13.2. The van der Waals surface area contributed by atoms with E-state index in [2.05, 4.69) is 5.32 Å². The molecule has 0 heterocycles. The summed E-state index contributed by atoms with van der Waals surface area (Å²) in [6.07, 6.45) is 0. The number of carbonyl (C=O) groups is 1. The molecule has 1 N–H and O–H groups in total. The van der Waals surface area contributed by atoms with Crippen LogP contribution in [-0.4, -0.2) is 24.3 Å². The Balaban J connectivity index is 1.72. The molecule has 0 radical (unpaired) electrons. The fourth-order valence-corrected chi connectivity index (χ4v) is 2.99. The first kappa shape index (κ1) is 17.7. The molecule has 0 unspecified atom stereocenters. The molecule has 0 bridgehead atoms. The number of para-hydroxylation sites is 1. The van der Waals surface area contributed by atoms with Crippen LogP contribution >= 0.6 is 23.4 Å². The molecule has 1 atom stereocenters. The normalized spacial score (nSPS) is 11.8. The quantitative estimate of drug-likeness (QED) is 0.597. The van der Waals surface area contributed by atoms with E-state index in [4.69, 9.17) is 16.3 Å². The molecule has 3 nitrogen and oxygen atoms in total. The number of nitrogens with one attached hydrogen (secondary N) is 1. The van der Waals surface area contributed by atoms with Crippen molar-refractivity contribution in [2.75, 3.05) is 13.2 Å². The predicted molar refractivity (Wildman–Crippen MR) is 96.5 cm³/mol. The van der Waals surface area contributed by atoms with Gasteiger partial charge in [-0.05, 0) is 49.7 Å². The molecule has 0 spiro atoms. The average molecular weight is 350 g/mol. The van der Waals surface area contributed by atoms with Crippen molar-refractivity contribution in [1.29, 1.82) is 0 Å². The van der Waals surface area contributed by atoms with Gasteiger partial charge in [-0.25, -0.2) is 0 Å². The lowest BCUT2D eigenvalue weighted by Crippen LogP contribution is -2.34. The van der Waals surface area contributed by atoms with E-state index in [9.17, 15) is 4.79 Å². The summed E-state index contributed by atoms with van der Waals surface area (Å²) in [5.74, 6) is 0.851. The molecule has 2 aromatic carbocycles. The van der Waals surface area contributed by atoms with Gasteiger partial charge >= 0.3 is 0 Å². The molecule has 0 fully saturated rings. The van der Waals surface area contributed by atoms with Gasteiger partial charge in [0.2, 0.25) is 5.91 Å². The number of benzene rings is 2. The van der Waals surface area contributed by atoms with Gasteiger partial charge in [-0.2, -0.15) is 0 Å². The summed E-state index contributed by atoms with van der Waals surface area (Å²) in [5, 5.41) is 3.42. The van der Waals surface area contributed by atoms with Gasteiger partial charge < -0.3 is 10.1 Å². The third kappa shape index (κ3) is 5.81. The molecule has 5 heteroatoms. The Morgan fingerprint density at radius 2 is 1.91 bits per heavy atom. The molecular formula is C18H20ClNO2S. The van der Waals surface area contributed by atoms with Gasteiger partial charge in [-0.1, -0.05) is 29.8 Å². The van der Waals surface area contributed by atoms with E-state index in [0.717, 1.165) is 16.2 Å². The van der Waals surface area contributed by atoms with Crippen LogP contribution in [0.4, 0.5) is 0 Å². The monoisotopic (exact) mass is 349 g/mol. The van der Waals surface area contributed by atoms with Crippen molar-refractivity contribution in [3.05, 3.63) is 59.1 Å². The van der Waals surface area contributed by atoms with Crippen LogP contribution in [0.3, 0.4) is 0 Å². The fraction of sp³-hybridized carbons (Fsp3) is 0.278. The summed E-state index contributed by atoms with van der Waals surface area (Å²) in [7, 11) is 0. The Hall–Kier alpha value is -1.65. The predicted octanol–water partition coefficient (Wildman–Crippen LogP) is 4.32. The standard InChI is InChI=1S/C18H20ClNO2S/c1-13-5-3-4-6-17(13)22-12-11-20-18(21)14(2)23-16-9-7-15(19)8-10-16/h3-10,14H,11-12H2,1-2H3,(H,20,21)/t14-/m1/s1. The molecule has 0 saturated carbocycles. The Bertz CT molecular complexity index is 646. The van der Waals surface area contributed by atoms with E-state index in [1.165, 1.54) is 11.8 Å². The van der Waals surface area contributed by atoms with Crippen LogP contribution < -0.4 is 10.1 Å². The maximum Gasteiger partial charge on any atom is 0.233 e. The first-order valence-corrected chi connectivity index (χ1v) is 8.70. The smallest absolute Gasteiger partial charge is 0.233 e. The van der Waals surface area contributed by atoms with Crippen molar-refractivity contribution in [2.45, 2.75) is 24.0 Å². The first-order valence-electron chi connectivity index (χ1n) is 7.44. The van der Waals surface area contributed by atoms with E-state index in [0.29, 0.717) is 18.2 Å². The van der Waals surface area contributed by atoms with Gasteiger partial charge in [-0.15, -0.1) is 11.8 Å². The zero-order chi connectivity index (χ0) is 16.7. The van der Waals surface area contributed by atoms with E-state index in [1.807, 2.05) is 62.4 Å². The molecule has 23 heavy (non-hydrogen) atoms. The van der Waals surface area contributed by atoms with Crippen LogP contribution in [0.5, 0.6) is 5.75 Å². The van der Waals surface area contributed by atoms with Crippen LogP contribution in [0.25, 0.3) is 0 Å². The molecule has 0 aliphatic heterocycles. The highest BCUT2D eigenvalue weighted by Gasteiger charge is 2.13. The molecule has 2 rings (SSSR count).